The zero-order valence-corrected chi connectivity index (χ0v) is 6.92. The van der Waals surface area contributed by atoms with E-state index in [2.05, 4.69) is 0 Å². The quantitative estimate of drug-likeness (QED) is 0.562. The Morgan fingerprint density at radius 1 is 1.18 bits per heavy atom. The highest BCUT2D eigenvalue weighted by Gasteiger charge is 2.57. The average Bonchev–Trinajstić information content (AvgIpc) is 2.39. The molecule has 0 radical (unpaired) electrons. The first kappa shape index (κ1) is 6.47. The molecule has 1 spiro atoms. The fraction of sp³-hybridized carbons (Fsp3) is 1.00. The first-order chi connectivity index (χ1) is 5.30. The summed E-state index contributed by atoms with van der Waals surface area (Å²) in [5.74, 6) is 1.61. The lowest BCUT2D eigenvalue weighted by molar-refractivity contribution is -0.0271. The molecule has 0 amide bonds. The van der Waals surface area contributed by atoms with Crippen LogP contribution >= 0.6 is 0 Å². The molecule has 3 aliphatic carbocycles. The molecule has 0 aliphatic heterocycles. The minimum absolute atomic E-state index is 0.0778. The van der Waals surface area contributed by atoms with E-state index in [4.69, 9.17) is 0 Å². The van der Waals surface area contributed by atoms with Crippen molar-refractivity contribution in [2.45, 2.75) is 44.6 Å². The van der Waals surface area contributed by atoms with E-state index in [9.17, 15) is 5.11 Å². The molecule has 3 fully saturated rings. The van der Waals surface area contributed by atoms with Gasteiger partial charge in [0.25, 0.3) is 0 Å². The van der Waals surface area contributed by atoms with Crippen LogP contribution in [-0.4, -0.2) is 11.2 Å². The highest BCUT2D eigenvalue weighted by molar-refractivity contribution is 5.07. The van der Waals surface area contributed by atoms with Crippen LogP contribution in [0.2, 0.25) is 0 Å². The summed E-state index contributed by atoms with van der Waals surface area (Å²) in [7, 11) is 0. The predicted octanol–water partition coefficient (Wildman–Crippen LogP) is 1.95. The maximum atomic E-state index is 9.72. The normalized spacial score (nSPS) is 51.5. The Balaban J connectivity index is 1.89. The molecule has 3 saturated carbocycles. The third-order valence-electron chi connectivity index (χ3n) is 4.46. The summed E-state index contributed by atoms with van der Waals surface area (Å²) in [5, 5.41) is 9.72. The first-order valence-corrected chi connectivity index (χ1v) is 4.98. The summed E-state index contributed by atoms with van der Waals surface area (Å²) in [4.78, 5) is 0. The van der Waals surface area contributed by atoms with Crippen LogP contribution in [0.25, 0.3) is 0 Å². The summed E-state index contributed by atoms with van der Waals surface area (Å²) in [6.07, 6.45) is 8.27. The van der Waals surface area contributed by atoms with Gasteiger partial charge in [-0.25, -0.2) is 0 Å². The molecule has 0 aromatic heterocycles. The first-order valence-electron chi connectivity index (χ1n) is 4.98. The van der Waals surface area contributed by atoms with Gasteiger partial charge in [0.1, 0.15) is 0 Å². The van der Waals surface area contributed by atoms with Crippen LogP contribution in [0.1, 0.15) is 38.5 Å². The molecule has 1 N–H and O–H groups in total. The van der Waals surface area contributed by atoms with E-state index in [-0.39, 0.29) is 6.10 Å². The second kappa shape index (κ2) is 1.82. The van der Waals surface area contributed by atoms with Crippen molar-refractivity contribution in [1.29, 1.82) is 0 Å². The van der Waals surface area contributed by atoms with Crippen LogP contribution < -0.4 is 0 Å². The van der Waals surface area contributed by atoms with E-state index in [0.717, 1.165) is 12.3 Å². The predicted molar refractivity (Wildman–Crippen MR) is 43.1 cm³/mol. The number of rotatable bonds is 0. The van der Waals surface area contributed by atoms with E-state index in [1.165, 1.54) is 32.1 Å². The van der Waals surface area contributed by atoms with E-state index >= 15 is 0 Å². The van der Waals surface area contributed by atoms with Crippen molar-refractivity contribution in [3.8, 4) is 0 Å². The van der Waals surface area contributed by atoms with E-state index in [0.29, 0.717) is 11.3 Å². The molecule has 0 aromatic rings. The van der Waals surface area contributed by atoms with Crippen LogP contribution in [-0.2, 0) is 0 Å². The van der Waals surface area contributed by atoms with Crippen molar-refractivity contribution in [3.05, 3.63) is 0 Å². The van der Waals surface area contributed by atoms with Crippen molar-refractivity contribution >= 4 is 0 Å². The van der Waals surface area contributed by atoms with E-state index in [1.54, 1.807) is 0 Å². The molecular weight excluding hydrogens is 136 g/mol. The molecule has 2 bridgehead atoms. The fourth-order valence-corrected chi connectivity index (χ4v) is 3.88. The third-order valence-corrected chi connectivity index (χ3v) is 4.46. The number of hydrogen-bond donors (Lipinski definition) is 1. The average molecular weight is 152 g/mol. The zero-order chi connectivity index (χ0) is 7.47. The molecule has 0 saturated heterocycles. The summed E-state index contributed by atoms with van der Waals surface area (Å²) in [6.45, 7) is 0. The summed E-state index contributed by atoms with van der Waals surface area (Å²) in [6, 6.07) is 0. The molecular formula is C10H16O. The Kier molecular flexibility index (Phi) is 1.07. The number of aliphatic hydroxyl groups is 1. The molecule has 0 aromatic carbocycles. The molecule has 1 heteroatoms. The van der Waals surface area contributed by atoms with Crippen LogP contribution in [0.3, 0.4) is 0 Å². The second-order valence-electron chi connectivity index (χ2n) is 4.93. The lowest BCUT2D eigenvalue weighted by atomic mass is 9.59. The number of fused-ring (bicyclic) bond motifs is 3. The van der Waals surface area contributed by atoms with Crippen LogP contribution in [0.4, 0.5) is 0 Å². The van der Waals surface area contributed by atoms with Crippen molar-refractivity contribution in [2.24, 2.45) is 17.3 Å². The molecule has 3 rings (SSSR count). The number of hydrogen-bond acceptors (Lipinski definition) is 1. The molecule has 1 nitrogen and oxygen atoms in total. The van der Waals surface area contributed by atoms with Crippen LogP contribution in [0.5, 0.6) is 0 Å². The van der Waals surface area contributed by atoms with Gasteiger partial charge in [-0.1, -0.05) is 6.42 Å². The van der Waals surface area contributed by atoms with Crippen molar-refractivity contribution < 1.29 is 5.11 Å². The Bertz CT molecular complexity index is 183. The molecule has 62 valence electrons. The van der Waals surface area contributed by atoms with Gasteiger partial charge in [0, 0.05) is 0 Å². The lowest BCUT2D eigenvalue weighted by Gasteiger charge is -2.47. The SMILES string of the molecule is O[C@H]1C[C@@H]2C[C@H]1C1(CCC1)C2. The standard InChI is InChI=1S/C10H16O/c11-9-5-7-4-8(9)10(6-7)2-1-3-10/h7-9,11H,1-6H2/t7-,8+,9-/m0/s1. The van der Waals surface area contributed by atoms with Gasteiger partial charge in [0.15, 0.2) is 0 Å². The number of aliphatic hydroxyl groups excluding tert-OH is 1. The van der Waals surface area contributed by atoms with Gasteiger partial charge in [0.05, 0.1) is 6.10 Å². The van der Waals surface area contributed by atoms with Crippen LogP contribution in [0.15, 0.2) is 0 Å². The monoisotopic (exact) mass is 152 g/mol. The molecule has 3 atom stereocenters. The minimum Gasteiger partial charge on any atom is -0.393 e. The summed E-state index contributed by atoms with van der Waals surface area (Å²) >= 11 is 0. The van der Waals surface area contributed by atoms with Crippen molar-refractivity contribution in [1.82, 2.24) is 0 Å². The third kappa shape index (κ3) is 0.658. The highest BCUT2D eigenvalue weighted by atomic mass is 16.3. The van der Waals surface area contributed by atoms with Gasteiger partial charge >= 0.3 is 0 Å². The fourth-order valence-electron chi connectivity index (χ4n) is 3.88. The van der Waals surface area contributed by atoms with Gasteiger partial charge < -0.3 is 5.11 Å². The maximum Gasteiger partial charge on any atom is 0.0576 e. The Labute approximate surface area is 67.8 Å². The van der Waals surface area contributed by atoms with Crippen LogP contribution in [0, 0.1) is 17.3 Å². The summed E-state index contributed by atoms with van der Waals surface area (Å²) < 4.78 is 0. The smallest absolute Gasteiger partial charge is 0.0576 e. The molecule has 0 unspecified atom stereocenters. The molecule has 11 heavy (non-hydrogen) atoms. The Morgan fingerprint density at radius 2 is 2.00 bits per heavy atom. The minimum atomic E-state index is 0.0778. The largest absolute Gasteiger partial charge is 0.393 e. The van der Waals surface area contributed by atoms with Gasteiger partial charge in [-0.2, -0.15) is 0 Å². The lowest BCUT2D eigenvalue weighted by Crippen LogP contribution is -2.40. The molecule has 3 aliphatic rings. The Hall–Kier alpha value is -0.0400. The summed E-state index contributed by atoms with van der Waals surface area (Å²) in [5.41, 5.74) is 0.655. The van der Waals surface area contributed by atoms with E-state index < -0.39 is 0 Å². The van der Waals surface area contributed by atoms with E-state index in [1.807, 2.05) is 0 Å². The molecule has 0 heterocycles. The second-order valence-corrected chi connectivity index (χ2v) is 4.93. The van der Waals surface area contributed by atoms with Gasteiger partial charge in [-0.15, -0.1) is 0 Å². The van der Waals surface area contributed by atoms with Gasteiger partial charge in [0.2, 0.25) is 0 Å². The van der Waals surface area contributed by atoms with Gasteiger partial charge in [-0.05, 0) is 49.4 Å². The van der Waals surface area contributed by atoms with Crippen molar-refractivity contribution in [3.63, 3.8) is 0 Å². The maximum absolute atomic E-state index is 9.72. The highest BCUT2D eigenvalue weighted by Crippen LogP contribution is 2.64. The van der Waals surface area contributed by atoms with Gasteiger partial charge in [-0.3, -0.25) is 0 Å². The zero-order valence-electron chi connectivity index (χ0n) is 6.92. The topological polar surface area (TPSA) is 20.2 Å². The van der Waals surface area contributed by atoms with Crippen molar-refractivity contribution in [2.75, 3.05) is 0 Å². The Morgan fingerprint density at radius 3 is 2.36 bits per heavy atom.